The fraction of sp³-hybridized carbons (Fsp3) is 0.556. The number of aromatic nitrogens is 2. The lowest BCUT2D eigenvalue weighted by molar-refractivity contribution is -0.143. The Morgan fingerprint density at radius 1 is 1.14 bits per heavy atom. The molecule has 1 aliphatic rings. The van der Waals surface area contributed by atoms with Crippen molar-refractivity contribution in [2.45, 2.75) is 58.6 Å². The number of alkyl carbamates (subject to hydrolysis) is 1. The zero-order chi connectivity index (χ0) is 27.0. The molecule has 10 heteroatoms. The molecular formula is C27H37ClN4O5. The highest BCUT2D eigenvalue weighted by molar-refractivity contribution is 6.30. The van der Waals surface area contributed by atoms with E-state index in [0.29, 0.717) is 34.8 Å². The van der Waals surface area contributed by atoms with Gasteiger partial charge in [-0.05, 0) is 69.6 Å². The van der Waals surface area contributed by atoms with E-state index < -0.39 is 23.7 Å². The smallest absolute Gasteiger partial charge is 0.408 e. The monoisotopic (exact) mass is 532 g/mol. The molecule has 1 aromatic carbocycles. The van der Waals surface area contributed by atoms with Crippen LogP contribution in [0.25, 0.3) is 0 Å². The molecule has 2 atom stereocenters. The molecule has 0 bridgehead atoms. The molecule has 1 aromatic heterocycles. The van der Waals surface area contributed by atoms with E-state index in [9.17, 15) is 9.59 Å². The topological polar surface area (TPSA) is 103 Å². The van der Waals surface area contributed by atoms with Crippen molar-refractivity contribution in [3.8, 4) is 5.75 Å². The van der Waals surface area contributed by atoms with Gasteiger partial charge in [0.2, 0.25) is 5.95 Å². The quantitative estimate of drug-likeness (QED) is 0.440. The van der Waals surface area contributed by atoms with Crippen LogP contribution in [0.15, 0.2) is 36.7 Å². The molecule has 1 N–H and O–H groups in total. The normalized spacial score (nSPS) is 16.0. The molecule has 1 amide bonds. The molecule has 0 unspecified atom stereocenters. The predicted molar refractivity (Wildman–Crippen MR) is 142 cm³/mol. The lowest BCUT2D eigenvalue weighted by atomic mass is 9.84. The summed E-state index contributed by atoms with van der Waals surface area (Å²) in [7, 11) is 1.28. The van der Waals surface area contributed by atoms with Gasteiger partial charge in [-0.25, -0.2) is 19.6 Å². The SMILES string of the molecule is COC(=O)[C@@H](NC(=O)OC(C)(C)C)c1ccc(OCC[C@@H](C)C2CCN(c3ncc(Cl)cn3)CC2)cc1. The van der Waals surface area contributed by atoms with Crippen LogP contribution in [-0.2, 0) is 14.3 Å². The summed E-state index contributed by atoms with van der Waals surface area (Å²) in [4.78, 5) is 35.3. The lowest BCUT2D eigenvalue weighted by Crippen LogP contribution is -2.38. The van der Waals surface area contributed by atoms with Gasteiger partial charge in [-0.1, -0.05) is 30.7 Å². The van der Waals surface area contributed by atoms with E-state index >= 15 is 0 Å². The second kappa shape index (κ2) is 12.9. The standard InChI is InChI=1S/C27H37ClN4O5/c1-18(19-10-13-32(14-11-19)25-29-16-21(28)17-30-25)12-15-36-22-8-6-20(7-9-22)23(24(33)35-5)31-26(34)37-27(2,3)4/h6-9,16-19,23H,10-15H2,1-5H3,(H,31,34)/t18-,23+/m1/s1. The summed E-state index contributed by atoms with van der Waals surface area (Å²) in [6.07, 6.45) is 5.69. The molecule has 0 saturated carbocycles. The molecule has 0 spiro atoms. The van der Waals surface area contributed by atoms with Crippen LogP contribution in [-0.4, -0.2) is 54.4 Å². The number of nitrogens with zero attached hydrogens (tertiary/aromatic N) is 3. The first kappa shape index (κ1) is 28.5. The van der Waals surface area contributed by atoms with Gasteiger partial charge in [0.1, 0.15) is 11.4 Å². The van der Waals surface area contributed by atoms with Crippen molar-refractivity contribution in [2.24, 2.45) is 11.8 Å². The predicted octanol–water partition coefficient (Wildman–Crippen LogP) is 5.19. The number of halogens is 1. The van der Waals surface area contributed by atoms with Gasteiger partial charge in [0.15, 0.2) is 6.04 Å². The Labute approximate surface area is 223 Å². The first-order chi connectivity index (χ1) is 17.6. The summed E-state index contributed by atoms with van der Waals surface area (Å²) in [5, 5.41) is 3.12. The molecule has 202 valence electrons. The summed E-state index contributed by atoms with van der Waals surface area (Å²) in [5.41, 5.74) is -0.100. The number of hydrogen-bond acceptors (Lipinski definition) is 8. The van der Waals surface area contributed by atoms with Gasteiger partial charge in [-0.15, -0.1) is 0 Å². The van der Waals surface area contributed by atoms with Crippen LogP contribution in [0.5, 0.6) is 5.75 Å². The molecule has 9 nitrogen and oxygen atoms in total. The van der Waals surface area contributed by atoms with E-state index in [0.717, 1.165) is 38.3 Å². The van der Waals surface area contributed by atoms with Crippen LogP contribution >= 0.6 is 11.6 Å². The number of hydrogen-bond donors (Lipinski definition) is 1. The summed E-state index contributed by atoms with van der Waals surface area (Å²) in [5.74, 6) is 2.00. The maximum absolute atomic E-state index is 12.3. The highest BCUT2D eigenvalue weighted by atomic mass is 35.5. The average molecular weight is 533 g/mol. The van der Waals surface area contributed by atoms with E-state index in [4.69, 9.17) is 25.8 Å². The van der Waals surface area contributed by atoms with Gasteiger partial charge in [0.05, 0.1) is 31.1 Å². The minimum Gasteiger partial charge on any atom is -0.494 e. The number of methoxy groups -OCH3 is 1. The van der Waals surface area contributed by atoms with Crippen molar-refractivity contribution in [3.05, 3.63) is 47.2 Å². The number of ether oxygens (including phenoxy) is 3. The summed E-state index contributed by atoms with van der Waals surface area (Å²) in [6.45, 7) is 9.99. The van der Waals surface area contributed by atoms with Gasteiger partial charge in [0, 0.05) is 13.1 Å². The van der Waals surface area contributed by atoms with Gasteiger partial charge in [-0.2, -0.15) is 0 Å². The van der Waals surface area contributed by atoms with Crippen LogP contribution in [0.2, 0.25) is 5.02 Å². The Morgan fingerprint density at radius 3 is 2.32 bits per heavy atom. The zero-order valence-corrected chi connectivity index (χ0v) is 23.0. The third kappa shape index (κ3) is 8.77. The first-order valence-corrected chi connectivity index (χ1v) is 13.0. The highest BCUT2D eigenvalue weighted by Gasteiger charge is 2.27. The van der Waals surface area contributed by atoms with E-state index in [2.05, 4.69) is 27.1 Å². The second-order valence-electron chi connectivity index (χ2n) is 10.3. The van der Waals surface area contributed by atoms with Gasteiger partial charge >= 0.3 is 12.1 Å². The minimum absolute atomic E-state index is 0.522. The second-order valence-corrected chi connectivity index (χ2v) is 10.7. The molecule has 37 heavy (non-hydrogen) atoms. The van der Waals surface area contributed by atoms with E-state index in [1.807, 2.05) is 0 Å². The van der Waals surface area contributed by atoms with Crippen LogP contribution in [0, 0.1) is 11.8 Å². The molecule has 2 heterocycles. The number of nitrogens with one attached hydrogen (secondary N) is 1. The van der Waals surface area contributed by atoms with Crippen molar-refractivity contribution in [1.82, 2.24) is 15.3 Å². The van der Waals surface area contributed by atoms with E-state index in [1.54, 1.807) is 57.4 Å². The Kier molecular flexibility index (Phi) is 9.97. The average Bonchev–Trinajstić information content (AvgIpc) is 2.87. The largest absolute Gasteiger partial charge is 0.494 e. The molecule has 0 aliphatic carbocycles. The first-order valence-electron chi connectivity index (χ1n) is 12.6. The van der Waals surface area contributed by atoms with Crippen molar-refractivity contribution in [1.29, 1.82) is 0 Å². The summed E-state index contributed by atoms with van der Waals surface area (Å²) < 4.78 is 16.1. The van der Waals surface area contributed by atoms with Crippen LogP contribution in [0.4, 0.5) is 10.7 Å². The van der Waals surface area contributed by atoms with Crippen molar-refractivity contribution < 1.29 is 23.8 Å². The van der Waals surface area contributed by atoms with Crippen LogP contribution < -0.4 is 15.0 Å². The number of amides is 1. The minimum atomic E-state index is -0.974. The maximum atomic E-state index is 12.3. The van der Waals surface area contributed by atoms with Gasteiger partial charge in [0.25, 0.3) is 0 Å². The van der Waals surface area contributed by atoms with E-state index in [-0.39, 0.29) is 0 Å². The van der Waals surface area contributed by atoms with Crippen molar-refractivity contribution >= 4 is 29.6 Å². The number of benzene rings is 1. The van der Waals surface area contributed by atoms with Crippen LogP contribution in [0.1, 0.15) is 58.6 Å². The molecule has 2 aromatic rings. The fourth-order valence-electron chi connectivity index (χ4n) is 4.31. The molecule has 1 saturated heterocycles. The Morgan fingerprint density at radius 2 is 1.76 bits per heavy atom. The molecule has 0 radical (unpaired) electrons. The molecule has 3 rings (SSSR count). The number of carbonyl (C=O) groups is 2. The Hall–Kier alpha value is -3.07. The third-order valence-electron chi connectivity index (χ3n) is 6.39. The molecule has 1 aliphatic heterocycles. The maximum Gasteiger partial charge on any atom is 0.408 e. The number of anilines is 1. The van der Waals surface area contributed by atoms with E-state index in [1.165, 1.54) is 7.11 Å². The Balaban J connectivity index is 1.46. The summed E-state index contributed by atoms with van der Waals surface area (Å²) in [6, 6.07) is 6.09. The lowest BCUT2D eigenvalue weighted by Gasteiger charge is -2.34. The van der Waals surface area contributed by atoms with Gasteiger partial charge in [-0.3, -0.25) is 0 Å². The number of carbonyl (C=O) groups excluding carboxylic acids is 2. The fourth-order valence-corrected chi connectivity index (χ4v) is 4.41. The zero-order valence-electron chi connectivity index (χ0n) is 22.2. The Bertz CT molecular complexity index is 1020. The van der Waals surface area contributed by atoms with Crippen molar-refractivity contribution in [3.63, 3.8) is 0 Å². The van der Waals surface area contributed by atoms with Crippen LogP contribution in [0.3, 0.4) is 0 Å². The number of esters is 1. The van der Waals surface area contributed by atoms with Crippen molar-refractivity contribution in [2.75, 3.05) is 31.7 Å². The highest BCUT2D eigenvalue weighted by Crippen LogP contribution is 2.29. The third-order valence-corrected chi connectivity index (χ3v) is 6.58. The number of rotatable bonds is 9. The summed E-state index contributed by atoms with van der Waals surface area (Å²) >= 11 is 5.89. The number of piperidine rings is 1. The molecule has 1 fully saturated rings. The van der Waals surface area contributed by atoms with Gasteiger partial charge < -0.3 is 24.4 Å². The molecular weight excluding hydrogens is 496 g/mol.